The van der Waals surface area contributed by atoms with Crippen LogP contribution in [0.25, 0.3) is 10.9 Å². The Labute approximate surface area is 137 Å². The summed E-state index contributed by atoms with van der Waals surface area (Å²) in [7, 11) is 0. The van der Waals surface area contributed by atoms with Crippen LogP contribution in [-0.4, -0.2) is 44.7 Å². The zero-order valence-electron chi connectivity index (χ0n) is 12.9. The zero-order valence-corrected chi connectivity index (χ0v) is 12.9. The van der Waals surface area contributed by atoms with Gasteiger partial charge < -0.3 is 21.7 Å². The normalized spacial score (nSPS) is 13.6. The van der Waals surface area contributed by atoms with Gasteiger partial charge in [-0.3, -0.25) is 19.0 Å². The summed E-state index contributed by atoms with van der Waals surface area (Å²) in [6, 6.07) is 4.96. The summed E-state index contributed by atoms with van der Waals surface area (Å²) >= 11 is 0. The molecule has 0 radical (unpaired) electrons. The maximum absolute atomic E-state index is 12.5. The Balaban J connectivity index is 2.35. The lowest BCUT2D eigenvalue weighted by atomic mass is 10.1. The molecule has 2 aromatic rings. The number of carbonyl (C=O) groups is 3. The lowest BCUT2D eigenvalue weighted by molar-refractivity contribution is -0.139. The second-order valence-corrected chi connectivity index (χ2v) is 5.57. The van der Waals surface area contributed by atoms with Gasteiger partial charge >= 0.3 is 11.9 Å². The number of para-hydroxylation sites is 1. The van der Waals surface area contributed by atoms with Gasteiger partial charge in [0, 0.05) is 24.4 Å². The number of carbonyl (C=O) groups excluding carboxylic acids is 1. The molecule has 2 atom stereocenters. The van der Waals surface area contributed by atoms with Crippen molar-refractivity contribution in [2.75, 3.05) is 0 Å². The Morgan fingerprint density at radius 3 is 2.38 bits per heavy atom. The predicted octanol–water partition coefficient (Wildman–Crippen LogP) is 0.428. The summed E-state index contributed by atoms with van der Waals surface area (Å²) < 4.78 is 1.34. The third-order valence-corrected chi connectivity index (χ3v) is 3.78. The summed E-state index contributed by atoms with van der Waals surface area (Å²) in [4.78, 5) is 34.1. The molecule has 0 fully saturated rings. The van der Waals surface area contributed by atoms with E-state index in [1.165, 1.54) is 10.8 Å². The van der Waals surface area contributed by atoms with Gasteiger partial charge in [-0.2, -0.15) is 0 Å². The Bertz CT molecular complexity index is 783. The predicted molar refractivity (Wildman–Crippen MR) is 86.7 cm³/mol. The molecule has 1 aromatic heterocycles. The lowest BCUT2D eigenvalue weighted by Crippen LogP contribution is -2.35. The summed E-state index contributed by atoms with van der Waals surface area (Å²) in [6.07, 6.45) is 1.41. The molecule has 0 bridgehead atoms. The van der Waals surface area contributed by atoms with Gasteiger partial charge in [0.25, 0.3) is 0 Å². The number of carboxylic acids is 2. The van der Waals surface area contributed by atoms with E-state index in [2.05, 4.69) is 0 Å². The number of fused-ring (bicyclic) bond motifs is 1. The number of nitrogens with two attached hydrogens (primary N) is 2. The second kappa shape index (κ2) is 7.24. The molecule has 0 unspecified atom stereocenters. The molecular formula is C16H19N3O5. The minimum atomic E-state index is -1.13. The number of carboxylic acid groups (broad SMARTS) is 2. The van der Waals surface area contributed by atoms with Gasteiger partial charge in [-0.15, -0.1) is 0 Å². The van der Waals surface area contributed by atoms with E-state index in [9.17, 15) is 14.4 Å². The molecule has 1 heterocycles. The quantitative estimate of drug-likeness (QED) is 0.574. The van der Waals surface area contributed by atoms with Gasteiger partial charge in [0.2, 0.25) is 5.91 Å². The molecule has 128 valence electrons. The number of hydrogen-bond donors (Lipinski definition) is 4. The number of aliphatic carboxylic acids is 2. The van der Waals surface area contributed by atoms with Crippen LogP contribution in [-0.2, 0) is 16.0 Å². The van der Waals surface area contributed by atoms with Gasteiger partial charge in [0.05, 0.1) is 11.6 Å². The fourth-order valence-corrected chi connectivity index (χ4v) is 2.50. The van der Waals surface area contributed by atoms with Crippen molar-refractivity contribution >= 4 is 28.7 Å². The van der Waals surface area contributed by atoms with Gasteiger partial charge in [-0.05, 0) is 18.1 Å². The highest BCUT2D eigenvalue weighted by Gasteiger charge is 2.22. The maximum atomic E-state index is 12.5. The molecule has 0 saturated carbocycles. The molecule has 0 spiro atoms. The van der Waals surface area contributed by atoms with Crippen LogP contribution in [0, 0.1) is 0 Å². The van der Waals surface area contributed by atoms with E-state index in [-0.39, 0.29) is 19.3 Å². The fourth-order valence-electron chi connectivity index (χ4n) is 2.50. The maximum Gasteiger partial charge on any atom is 0.320 e. The SMILES string of the molecule is N[C@H](Cc1cn(C(=O)[C@@H](N)CCC(=O)O)c2ccccc12)C(=O)O. The summed E-state index contributed by atoms with van der Waals surface area (Å²) in [5.74, 6) is -2.59. The summed E-state index contributed by atoms with van der Waals surface area (Å²) in [6.45, 7) is 0. The molecule has 1 aromatic carbocycles. The number of nitrogens with zero attached hydrogens (tertiary/aromatic N) is 1. The molecule has 0 aliphatic rings. The lowest BCUT2D eigenvalue weighted by Gasteiger charge is -2.11. The molecule has 8 nitrogen and oxygen atoms in total. The molecule has 0 aliphatic heterocycles. The summed E-state index contributed by atoms with van der Waals surface area (Å²) in [5.41, 5.74) is 12.6. The number of rotatable bonds is 7. The minimum Gasteiger partial charge on any atom is -0.481 e. The third-order valence-electron chi connectivity index (χ3n) is 3.78. The molecular weight excluding hydrogens is 314 g/mol. The van der Waals surface area contributed by atoms with Gasteiger partial charge in [-0.25, -0.2) is 0 Å². The van der Waals surface area contributed by atoms with Crippen LogP contribution >= 0.6 is 0 Å². The van der Waals surface area contributed by atoms with Crippen molar-refractivity contribution in [3.8, 4) is 0 Å². The molecule has 2 rings (SSSR count). The Hall–Kier alpha value is -2.71. The highest BCUT2D eigenvalue weighted by Crippen LogP contribution is 2.23. The van der Waals surface area contributed by atoms with Crippen LogP contribution in [0.2, 0.25) is 0 Å². The van der Waals surface area contributed by atoms with Crippen LogP contribution in [0.15, 0.2) is 30.5 Å². The minimum absolute atomic E-state index is 0.0185. The first-order valence-electron chi connectivity index (χ1n) is 7.40. The second-order valence-electron chi connectivity index (χ2n) is 5.57. The van der Waals surface area contributed by atoms with E-state index in [1.54, 1.807) is 24.3 Å². The summed E-state index contributed by atoms with van der Waals surface area (Å²) in [5, 5.41) is 18.4. The smallest absolute Gasteiger partial charge is 0.320 e. The highest BCUT2D eigenvalue weighted by molar-refractivity contribution is 5.97. The van der Waals surface area contributed by atoms with Crippen molar-refractivity contribution < 1.29 is 24.6 Å². The van der Waals surface area contributed by atoms with E-state index < -0.39 is 29.9 Å². The van der Waals surface area contributed by atoms with Crippen LogP contribution in [0.3, 0.4) is 0 Å². The molecule has 8 heteroatoms. The van der Waals surface area contributed by atoms with Gasteiger partial charge in [-0.1, -0.05) is 18.2 Å². The monoisotopic (exact) mass is 333 g/mol. The highest BCUT2D eigenvalue weighted by atomic mass is 16.4. The van der Waals surface area contributed by atoms with Crippen molar-refractivity contribution in [2.45, 2.75) is 31.3 Å². The van der Waals surface area contributed by atoms with Crippen molar-refractivity contribution in [1.29, 1.82) is 0 Å². The zero-order chi connectivity index (χ0) is 17.9. The molecule has 24 heavy (non-hydrogen) atoms. The van der Waals surface area contributed by atoms with Crippen LogP contribution in [0.4, 0.5) is 0 Å². The number of aromatic nitrogens is 1. The Morgan fingerprint density at radius 1 is 1.08 bits per heavy atom. The average molecular weight is 333 g/mol. The van der Waals surface area contributed by atoms with E-state index in [0.29, 0.717) is 16.5 Å². The van der Waals surface area contributed by atoms with Crippen LogP contribution in [0.1, 0.15) is 23.2 Å². The van der Waals surface area contributed by atoms with Gasteiger partial charge in [0.1, 0.15) is 6.04 Å². The van der Waals surface area contributed by atoms with Crippen molar-refractivity contribution in [2.24, 2.45) is 11.5 Å². The first-order chi connectivity index (χ1) is 11.3. The van der Waals surface area contributed by atoms with Crippen molar-refractivity contribution in [1.82, 2.24) is 4.57 Å². The topological polar surface area (TPSA) is 149 Å². The number of hydrogen-bond acceptors (Lipinski definition) is 5. The van der Waals surface area contributed by atoms with E-state index >= 15 is 0 Å². The molecule has 0 amide bonds. The van der Waals surface area contributed by atoms with E-state index in [0.717, 1.165) is 0 Å². The van der Waals surface area contributed by atoms with Gasteiger partial charge in [0.15, 0.2) is 0 Å². The third kappa shape index (κ3) is 3.79. The van der Waals surface area contributed by atoms with E-state index in [1.807, 2.05) is 0 Å². The molecule has 0 saturated heterocycles. The molecule has 0 aliphatic carbocycles. The first kappa shape index (κ1) is 17.6. The largest absolute Gasteiger partial charge is 0.481 e. The standard InChI is InChI=1S/C16H19N3O5/c17-11(5-6-14(20)21)15(22)19-8-9(7-12(18)16(23)24)10-3-1-2-4-13(10)19/h1-4,8,11-12H,5-7,17-18H2,(H,20,21)(H,23,24)/t11-,12+/m0/s1. The average Bonchev–Trinajstić information content (AvgIpc) is 2.90. The number of benzene rings is 1. The Morgan fingerprint density at radius 2 is 1.75 bits per heavy atom. The van der Waals surface area contributed by atoms with Crippen LogP contribution in [0.5, 0.6) is 0 Å². The first-order valence-corrected chi connectivity index (χ1v) is 7.40. The van der Waals surface area contributed by atoms with E-state index in [4.69, 9.17) is 21.7 Å². The molecule has 6 N–H and O–H groups in total. The Kier molecular flexibility index (Phi) is 5.32. The van der Waals surface area contributed by atoms with Crippen LogP contribution < -0.4 is 11.5 Å². The van der Waals surface area contributed by atoms with Crippen molar-refractivity contribution in [3.05, 3.63) is 36.0 Å². The fraction of sp³-hybridized carbons (Fsp3) is 0.312. The van der Waals surface area contributed by atoms with Crippen molar-refractivity contribution in [3.63, 3.8) is 0 Å².